The van der Waals surface area contributed by atoms with Crippen molar-refractivity contribution >= 4 is 23.1 Å². The third-order valence-corrected chi connectivity index (χ3v) is 5.00. The highest BCUT2D eigenvalue weighted by atomic mass is 32.1. The van der Waals surface area contributed by atoms with Crippen LogP contribution in [-0.2, 0) is 6.42 Å². The Morgan fingerprint density at radius 2 is 1.48 bits per heavy atom. The van der Waals surface area contributed by atoms with Gasteiger partial charge in [-0.15, -0.1) is 0 Å². The maximum Gasteiger partial charge on any atom is 0.0484 e. The van der Waals surface area contributed by atoms with Crippen LogP contribution in [0.5, 0.6) is 0 Å². The van der Waals surface area contributed by atoms with Gasteiger partial charge in [-0.3, -0.25) is 0 Å². The molecule has 0 amide bonds. The highest BCUT2D eigenvalue weighted by Gasteiger charge is 1.99. The van der Waals surface area contributed by atoms with E-state index in [1.54, 1.807) is 0 Å². The number of pyridine rings is 1. The number of rotatable bonds is 11. The SMILES string of the molecule is CCCCCCCCCCCCc1ccc2c(=S)cc[nH]c2c1. The van der Waals surface area contributed by atoms with Crippen molar-refractivity contribution in [1.82, 2.24) is 4.98 Å². The molecule has 2 rings (SSSR count). The lowest BCUT2D eigenvalue weighted by Gasteiger charge is -2.05. The van der Waals surface area contributed by atoms with E-state index in [2.05, 4.69) is 30.1 Å². The molecule has 2 heteroatoms. The summed E-state index contributed by atoms with van der Waals surface area (Å²) >= 11 is 5.36. The van der Waals surface area contributed by atoms with E-state index in [0.717, 1.165) is 9.90 Å². The zero-order valence-corrected chi connectivity index (χ0v) is 15.4. The minimum Gasteiger partial charge on any atom is -0.361 e. The molecule has 1 N–H and O–H groups in total. The summed E-state index contributed by atoms with van der Waals surface area (Å²) in [7, 11) is 0. The Kier molecular flexibility index (Phi) is 8.38. The number of benzene rings is 1. The molecule has 126 valence electrons. The molecule has 1 heterocycles. The van der Waals surface area contributed by atoms with Crippen LogP contribution in [0.25, 0.3) is 10.9 Å². The van der Waals surface area contributed by atoms with Crippen LogP contribution in [-0.4, -0.2) is 4.98 Å². The van der Waals surface area contributed by atoms with Gasteiger partial charge >= 0.3 is 0 Å². The van der Waals surface area contributed by atoms with E-state index in [9.17, 15) is 0 Å². The van der Waals surface area contributed by atoms with Crippen LogP contribution in [0.4, 0.5) is 0 Å². The summed E-state index contributed by atoms with van der Waals surface area (Å²) in [5.41, 5.74) is 2.59. The summed E-state index contributed by atoms with van der Waals surface area (Å²) < 4.78 is 0.934. The van der Waals surface area contributed by atoms with Crippen LogP contribution in [0.1, 0.15) is 76.7 Å². The maximum absolute atomic E-state index is 5.36. The molecule has 0 aliphatic heterocycles. The molecule has 23 heavy (non-hydrogen) atoms. The van der Waals surface area contributed by atoms with Crippen molar-refractivity contribution in [1.29, 1.82) is 0 Å². The number of hydrogen-bond acceptors (Lipinski definition) is 1. The molecule has 1 aromatic heterocycles. The first-order chi connectivity index (χ1) is 11.3. The van der Waals surface area contributed by atoms with Crippen molar-refractivity contribution in [2.75, 3.05) is 0 Å². The Bertz CT molecular complexity index is 629. The van der Waals surface area contributed by atoms with Gasteiger partial charge in [0, 0.05) is 21.6 Å². The van der Waals surface area contributed by atoms with Gasteiger partial charge in [-0.2, -0.15) is 0 Å². The van der Waals surface area contributed by atoms with Crippen molar-refractivity contribution in [3.8, 4) is 0 Å². The van der Waals surface area contributed by atoms with Crippen LogP contribution >= 0.6 is 12.2 Å². The lowest BCUT2D eigenvalue weighted by molar-refractivity contribution is 0.556. The molecule has 0 bridgehead atoms. The van der Waals surface area contributed by atoms with E-state index in [1.807, 2.05) is 12.3 Å². The molecule has 0 saturated carbocycles. The summed E-state index contributed by atoms with van der Waals surface area (Å²) in [6.45, 7) is 2.28. The van der Waals surface area contributed by atoms with E-state index in [-0.39, 0.29) is 0 Å². The zero-order chi connectivity index (χ0) is 16.3. The molecule has 0 spiro atoms. The third-order valence-electron chi connectivity index (χ3n) is 4.64. The number of hydrogen-bond donors (Lipinski definition) is 1. The smallest absolute Gasteiger partial charge is 0.0484 e. The van der Waals surface area contributed by atoms with Gasteiger partial charge < -0.3 is 4.98 Å². The largest absolute Gasteiger partial charge is 0.361 e. The first-order valence-corrected chi connectivity index (χ1v) is 9.82. The fraction of sp³-hybridized carbons (Fsp3) is 0.571. The van der Waals surface area contributed by atoms with E-state index in [4.69, 9.17) is 12.2 Å². The van der Waals surface area contributed by atoms with Crippen molar-refractivity contribution in [3.63, 3.8) is 0 Å². The lowest BCUT2D eigenvalue weighted by Crippen LogP contribution is -1.88. The van der Waals surface area contributed by atoms with Crippen molar-refractivity contribution in [2.24, 2.45) is 0 Å². The Labute approximate surface area is 146 Å². The average molecular weight is 330 g/mol. The van der Waals surface area contributed by atoms with E-state index in [0.29, 0.717) is 0 Å². The molecule has 0 radical (unpaired) electrons. The number of fused-ring (bicyclic) bond motifs is 1. The second-order valence-corrected chi connectivity index (χ2v) is 7.09. The van der Waals surface area contributed by atoms with Crippen LogP contribution in [0.15, 0.2) is 30.5 Å². The summed E-state index contributed by atoms with van der Waals surface area (Å²) in [6, 6.07) is 8.62. The van der Waals surface area contributed by atoms with Gasteiger partial charge in [0.2, 0.25) is 0 Å². The quantitative estimate of drug-likeness (QED) is 0.336. The van der Waals surface area contributed by atoms with Gasteiger partial charge in [0.1, 0.15) is 0 Å². The predicted octanol–water partition coefficient (Wildman–Crippen LogP) is 7.36. The summed E-state index contributed by atoms with van der Waals surface area (Å²) in [5, 5.41) is 1.16. The molecule has 1 nitrogen and oxygen atoms in total. The zero-order valence-electron chi connectivity index (χ0n) is 14.6. The van der Waals surface area contributed by atoms with Crippen LogP contribution in [0, 0.1) is 4.51 Å². The molecule has 1 aromatic carbocycles. The lowest BCUT2D eigenvalue weighted by atomic mass is 10.0. The second kappa shape index (κ2) is 10.6. The molecular weight excluding hydrogens is 298 g/mol. The molecule has 0 fully saturated rings. The van der Waals surface area contributed by atoms with E-state index < -0.39 is 0 Å². The average Bonchev–Trinajstić information content (AvgIpc) is 2.57. The molecule has 0 aliphatic carbocycles. The molecule has 0 unspecified atom stereocenters. The van der Waals surface area contributed by atoms with Gasteiger partial charge in [0.05, 0.1) is 0 Å². The molecule has 0 saturated heterocycles. The first kappa shape index (κ1) is 18.2. The van der Waals surface area contributed by atoms with Crippen molar-refractivity contribution in [2.45, 2.75) is 77.6 Å². The van der Waals surface area contributed by atoms with Crippen molar-refractivity contribution < 1.29 is 0 Å². The number of aryl methyl sites for hydroxylation is 1. The van der Waals surface area contributed by atoms with Crippen LogP contribution in [0.2, 0.25) is 0 Å². The molecular formula is C21H31NS. The monoisotopic (exact) mass is 329 g/mol. The summed E-state index contributed by atoms with van der Waals surface area (Å²) in [6.07, 6.45) is 17.1. The fourth-order valence-electron chi connectivity index (χ4n) is 3.19. The Balaban J connectivity index is 1.60. The van der Waals surface area contributed by atoms with Gasteiger partial charge in [0.15, 0.2) is 0 Å². The van der Waals surface area contributed by atoms with Gasteiger partial charge in [-0.05, 0) is 30.5 Å². The molecule has 0 aliphatic rings. The minimum absolute atomic E-state index is 0.934. The van der Waals surface area contributed by atoms with Crippen LogP contribution in [0.3, 0.4) is 0 Å². The number of unbranched alkanes of at least 4 members (excludes halogenated alkanes) is 9. The Hall–Kier alpha value is -1.15. The van der Waals surface area contributed by atoms with E-state index >= 15 is 0 Å². The first-order valence-electron chi connectivity index (χ1n) is 9.41. The Morgan fingerprint density at radius 1 is 0.826 bits per heavy atom. The number of H-pyrrole nitrogens is 1. The van der Waals surface area contributed by atoms with Gasteiger partial charge in [-0.25, -0.2) is 0 Å². The van der Waals surface area contributed by atoms with Crippen molar-refractivity contribution in [3.05, 3.63) is 40.5 Å². The maximum atomic E-state index is 5.36. The molecule has 0 atom stereocenters. The summed E-state index contributed by atoms with van der Waals surface area (Å²) in [4.78, 5) is 3.30. The summed E-state index contributed by atoms with van der Waals surface area (Å²) in [5.74, 6) is 0. The topological polar surface area (TPSA) is 15.8 Å². The van der Waals surface area contributed by atoms with E-state index in [1.165, 1.54) is 81.7 Å². The molecule has 2 aromatic rings. The Morgan fingerprint density at radius 3 is 2.17 bits per heavy atom. The highest BCUT2D eigenvalue weighted by Crippen LogP contribution is 2.17. The standard InChI is InChI=1S/C21H31NS/c1-2-3-4-5-6-7-8-9-10-11-12-18-13-14-19-20(17-18)22-16-15-21(19)23/h13-17H,2-12H2,1H3,(H,22,23). The van der Waals surface area contributed by atoms with Gasteiger partial charge in [-0.1, -0.05) is 89.1 Å². The fourth-order valence-corrected chi connectivity index (χ4v) is 3.44. The normalized spacial score (nSPS) is 11.2. The second-order valence-electron chi connectivity index (χ2n) is 6.65. The highest BCUT2D eigenvalue weighted by molar-refractivity contribution is 7.71. The number of aromatic amines is 1. The van der Waals surface area contributed by atoms with Gasteiger partial charge in [0.25, 0.3) is 0 Å². The number of aromatic nitrogens is 1. The van der Waals surface area contributed by atoms with Crippen LogP contribution < -0.4 is 0 Å². The third kappa shape index (κ3) is 6.47. The predicted molar refractivity (Wildman–Crippen MR) is 105 cm³/mol. The number of nitrogens with one attached hydrogen (secondary N) is 1. The minimum atomic E-state index is 0.934.